The first kappa shape index (κ1) is 13.9. The van der Waals surface area contributed by atoms with Crippen molar-refractivity contribution in [3.8, 4) is 0 Å². The number of rotatable bonds is 5. The molecule has 80 valence electrons. The first-order chi connectivity index (χ1) is 6.33. The molecule has 1 aromatic carbocycles. The van der Waals surface area contributed by atoms with Gasteiger partial charge in [0.25, 0.3) is 0 Å². The van der Waals surface area contributed by atoms with Crippen LogP contribution in [-0.4, -0.2) is 6.54 Å². The molecule has 1 aromatic rings. The second-order valence-corrected chi connectivity index (χ2v) is 4.08. The van der Waals surface area contributed by atoms with Gasteiger partial charge in [-0.05, 0) is 30.7 Å². The molecule has 0 unspecified atom stereocenters. The minimum atomic E-state index is 0. The van der Waals surface area contributed by atoms with E-state index in [0.29, 0.717) is 0 Å². The molecule has 0 amide bonds. The third-order valence-corrected chi connectivity index (χ3v) is 2.42. The lowest BCUT2D eigenvalue weighted by Crippen LogP contribution is -3.00. The van der Waals surface area contributed by atoms with E-state index in [9.17, 15) is 0 Å². The van der Waals surface area contributed by atoms with Crippen LogP contribution in [0.5, 0.6) is 0 Å². The maximum absolute atomic E-state index is 3.46. The number of hydrogen-bond acceptors (Lipinski definition) is 1. The van der Waals surface area contributed by atoms with E-state index in [1.807, 2.05) is 0 Å². The fourth-order valence-electron chi connectivity index (χ4n) is 1.18. The first-order valence-electron chi connectivity index (χ1n) is 4.78. The zero-order valence-corrected chi connectivity index (χ0v) is 10.7. The minimum absolute atomic E-state index is 0. The molecule has 1 N–H and O–H groups in total. The van der Waals surface area contributed by atoms with Crippen LogP contribution in [-0.2, 0) is 6.54 Å². The fourth-order valence-corrected chi connectivity index (χ4v) is 1.63. The van der Waals surface area contributed by atoms with Crippen LogP contribution in [0.4, 0.5) is 0 Å². The molecule has 0 saturated carbocycles. The largest absolute Gasteiger partial charge is 1.00 e. The molecule has 0 aliphatic rings. The smallest absolute Gasteiger partial charge is 0.0205 e. The molecule has 0 atom stereocenters. The van der Waals surface area contributed by atoms with Gasteiger partial charge in [-0.1, -0.05) is 41.4 Å². The second kappa shape index (κ2) is 8.27. The Hall–Kier alpha value is -0.0500. The van der Waals surface area contributed by atoms with E-state index < -0.39 is 0 Å². The van der Waals surface area contributed by atoms with Crippen LogP contribution in [0.2, 0.25) is 0 Å². The van der Waals surface area contributed by atoms with E-state index in [1.165, 1.54) is 18.4 Å². The highest BCUT2D eigenvalue weighted by molar-refractivity contribution is 9.10. The molecule has 0 aliphatic carbocycles. The summed E-state index contributed by atoms with van der Waals surface area (Å²) in [5.41, 5.74) is 1.34. The molecular formula is C11H16BrClN-. The van der Waals surface area contributed by atoms with Crippen molar-refractivity contribution in [2.75, 3.05) is 6.54 Å². The van der Waals surface area contributed by atoms with Crippen molar-refractivity contribution in [2.45, 2.75) is 26.3 Å². The van der Waals surface area contributed by atoms with Crippen molar-refractivity contribution in [3.05, 3.63) is 34.3 Å². The SMILES string of the molecule is CCCCNCc1cccc(Br)c1.[Cl-]. The average Bonchev–Trinajstić information content (AvgIpc) is 2.13. The summed E-state index contributed by atoms with van der Waals surface area (Å²) in [4.78, 5) is 0. The normalized spacial score (nSPS) is 9.57. The van der Waals surface area contributed by atoms with Gasteiger partial charge >= 0.3 is 0 Å². The Morgan fingerprint density at radius 1 is 1.36 bits per heavy atom. The van der Waals surface area contributed by atoms with Crippen LogP contribution >= 0.6 is 15.9 Å². The summed E-state index contributed by atoms with van der Waals surface area (Å²) in [5, 5.41) is 3.41. The maximum Gasteiger partial charge on any atom is 0.0205 e. The van der Waals surface area contributed by atoms with E-state index >= 15 is 0 Å². The van der Waals surface area contributed by atoms with Crippen molar-refractivity contribution < 1.29 is 12.4 Å². The second-order valence-electron chi connectivity index (χ2n) is 3.16. The molecule has 0 spiro atoms. The van der Waals surface area contributed by atoms with E-state index in [0.717, 1.165) is 17.6 Å². The van der Waals surface area contributed by atoms with Gasteiger partial charge in [-0.15, -0.1) is 0 Å². The quantitative estimate of drug-likeness (QED) is 0.766. The van der Waals surface area contributed by atoms with Crippen molar-refractivity contribution in [1.82, 2.24) is 5.32 Å². The monoisotopic (exact) mass is 276 g/mol. The Labute approximate surface area is 101 Å². The third-order valence-electron chi connectivity index (χ3n) is 1.93. The van der Waals surface area contributed by atoms with Gasteiger partial charge in [0.15, 0.2) is 0 Å². The Balaban J connectivity index is 0.00000169. The van der Waals surface area contributed by atoms with Gasteiger partial charge in [0, 0.05) is 11.0 Å². The predicted octanol–water partition coefficient (Wildman–Crippen LogP) is 0.343. The molecule has 0 saturated heterocycles. The molecule has 0 aliphatic heterocycles. The minimum Gasteiger partial charge on any atom is -1.00 e. The number of unbranched alkanes of at least 4 members (excludes halogenated alkanes) is 1. The lowest BCUT2D eigenvalue weighted by Gasteiger charge is -2.03. The molecule has 0 bridgehead atoms. The van der Waals surface area contributed by atoms with E-state index in [1.54, 1.807) is 0 Å². The van der Waals surface area contributed by atoms with Gasteiger partial charge < -0.3 is 17.7 Å². The van der Waals surface area contributed by atoms with Crippen LogP contribution in [0.3, 0.4) is 0 Å². The third kappa shape index (κ3) is 5.63. The number of hydrogen-bond donors (Lipinski definition) is 1. The highest BCUT2D eigenvalue weighted by atomic mass is 79.9. The van der Waals surface area contributed by atoms with E-state index in [2.05, 4.69) is 52.4 Å². The summed E-state index contributed by atoms with van der Waals surface area (Å²) in [6, 6.07) is 8.42. The predicted molar refractivity (Wildman–Crippen MR) is 60.8 cm³/mol. The molecule has 3 heteroatoms. The van der Waals surface area contributed by atoms with Crippen LogP contribution in [0.25, 0.3) is 0 Å². The topological polar surface area (TPSA) is 12.0 Å². The zero-order chi connectivity index (χ0) is 9.52. The number of benzene rings is 1. The van der Waals surface area contributed by atoms with Crippen molar-refractivity contribution in [3.63, 3.8) is 0 Å². The van der Waals surface area contributed by atoms with Crippen LogP contribution in [0, 0.1) is 0 Å². The lowest BCUT2D eigenvalue weighted by atomic mass is 10.2. The molecule has 0 heterocycles. The molecule has 14 heavy (non-hydrogen) atoms. The molecule has 0 fully saturated rings. The highest BCUT2D eigenvalue weighted by Gasteiger charge is 1.92. The maximum atomic E-state index is 3.46. The van der Waals surface area contributed by atoms with Gasteiger partial charge in [-0.25, -0.2) is 0 Å². The summed E-state index contributed by atoms with van der Waals surface area (Å²) in [6.45, 7) is 4.29. The Morgan fingerprint density at radius 3 is 2.79 bits per heavy atom. The van der Waals surface area contributed by atoms with Crippen molar-refractivity contribution in [2.24, 2.45) is 0 Å². The Bertz CT molecular complexity index is 253. The highest BCUT2D eigenvalue weighted by Crippen LogP contribution is 2.11. The van der Waals surface area contributed by atoms with Crippen LogP contribution in [0.15, 0.2) is 28.7 Å². The molecule has 1 rings (SSSR count). The zero-order valence-electron chi connectivity index (χ0n) is 8.39. The van der Waals surface area contributed by atoms with Gasteiger partial charge in [-0.2, -0.15) is 0 Å². The van der Waals surface area contributed by atoms with Gasteiger partial charge in [0.05, 0.1) is 0 Å². The summed E-state index contributed by atoms with van der Waals surface area (Å²) >= 11 is 3.46. The number of nitrogens with one attached hydrogen (secondary N) is 1. The van der Waals surface area contributed by atoms with E-state index in [4.69, 9.17) is 0 Å². The standard InChI is InChI=1S/C11H16BrN.ClH/c1-2-3-7-13-9-10-5-4-6-11(12)8-10;/h4-6,8,13H,2-3,7,9H2,1H3;1H/p-1. The van der Waals surface area contributed by atoms with Crippen molar-refractivity contribution >= 4 is 15.9 Å². The van der Waals surface area contributed by atoms with Gasteiger partial charge in [0.1, 0.15) is 0 Å². The lowest BCUT2D eigenvalue weighted by molar-refractivity contribution is -0.00000267. The Morgan fingerprint density at radius 2 is 2.14 bits per heavy atom. The fraction of sp³-hybridized carbons (Fsp3) is 0.455. The molecular weight excluding hydrogens is 261 g/mol. The van der Waals surface area contributed by atoms with Gasteiger partial charge in [0.2, 0.25) is 0 Å². The van der Waals surface area contributed by atoms with Crippen LogP contribution in [0.1, 0.15) is 25.3 Å². The summed E-state index contributed by atoms with van der Waals surface area (Å²) in [6.07, 6.45) is 2.51. The summed E-state index contributed by atoms with van der Waals surface area (Å²) in [7, 11) is 0. The molecule has 0 radical (unpaired) electrons. The first-order valence-corrected chi connectivity index (χ1v) is 5.57. The van der Waals surface area contributed by atoms with Crippen molar-refractivity contribution in [1.29, 1.82) is 0 Å². The number of halogens is 2. The summed E-state index contributed by atoms with van der Waals surface area (Å²) in [5.74, 6) is 0. The summed E-state index contributed by atoms with van der Waals surface area (Å²) < 4.78 is 1.15. The van der Waals surface area contributed by atoms with Crippen LogP contribution < -0.4 is 17.7 Å². The van der Waals surface area contributed by atoms with E-state index in [-0.39, 0.29) is 12.4 Å². The Kier molecular flexibility index (Phi) is 8.24. The molecule has 1 nitrogen and oxygen atoms in total. The average molecular weight is 278 g/mol. The van der Waals surface area contributed by atoms with Gasteiger partial charge in [-0.3, -0.25) is 0 Å². The molecule has 0 aromatic heterocycles.